The van der Waals surface area contributed by atoms with Gasteiger partial charge in [-0.15, -0.1) is 11.8 Å². The van der Waals surface area contributed by atoms with Crippen LogP contribution in [-0.2, 0) is 0 Å². The average Bonchev–Trinajstić information content (AvgIpc) is 2.83. The predicted molar refractivity (Wildman–Crippen MR) is 95.7 cm³/mol. The van der Waals surface area contributed by atoms with Crippen molar-refractivity contribution in [3.05, 3.63) is 41.7 Å². The number of aromatic nitrogens is 2. The summed E-state index contributed by atoms with van der Waals surface area (Å²) < 4.78 is 1.60. The maximum absolute atomic E-state index is 5.78. The van der Waals surface area contributed by atoms with Crippen molar-refractivity contribution in [1.82, 2.24) is 9.66 Å². The zero-order chi connectivity index (χ0) is 15.8. The van der Waals surface area contributed by atoms with E-state index in [1.807, 2.05) is 37.2 Å². The van der Waals surface area contributed by atoms with Crippen LogP contribution in [0.2, 0.25) is 0 Å². The van der Waals surface area contributed by atoms with E-state index in [2.05, 4.69) is 35.2 Å². The van der Waals surface area contributed by atoms with Crippen molar-refractivity contribution in [2.45, 2.75) is 44.4 Å². The molecule has 2 rings (SSSR count). The molecule has 0 aliphatic carbocycles. The monoisotopic (exact) mass is 316 g/mol. The molecule has 0 atom stereocenters. The van der Waals surface area contributed by atoms with E-state index in [9.17, 15) is 0 Å². The molecule has 0 aliphatic rings. The van der Waals surface area contributed by atoms with E-state index in [0.29, 0.717) is 5.95 Å². The van der Waals surface area contributed by atoms with Crippen LogP contribution in [0, 0.1) is 6.92 Å². The van der Waals surface area contributed by atoms with Crippen LogP contribution in [0.15, 0.2) is 40.5 Å². The Morgan fingerprint density at radius 3 is 2.91 bits per heavy atom. The predicted octanol–water partition coefficient (Wildman–Crippen LogP) is 4.33. The van der Waals surface area contributed by atoms with Crippen LogP contribution in [0.5, 0.6) is 0 Å². The highest BCUT2D eigenvalue weighted by Crippen LogP contribution is 2.20. The molecule has 0 radical (unpaired) electrons. The molecule has 1 aromatic carbocycles. The number of nitrogens with two attached hydrogens (primary N) is 1. The summed E-state index contributed by atoms with van der Waals surface area (Å²) in [5.74, 6) is 1.59. The number of thioether (sulfide) groups is 1. The number of anilines is 1. The van der Waals surface area contributed by atoms with Crippen molar-refractivity contribution in [1.29, 1.82) is 0 Å². The van der Waals surface area contributed by atoms with E-state index >= 15 is 0 Å². The molecule has 2 N–H and O–H groups in total. The van der Waals surface area contributed by atoms with Crippen LogP contribution in [-0.4, -0.2) is 21.6 Å². The first-order chi connectivity index (χ1) is 10.7. The first-order valence-corrected chi connectivity index (χ1v) is 8.76. The Bertz CT molecular complexity index is 619. The molecule has 22 heavy (non-hydrogen) atoms. The van der Waals surface area contributed by atoms with Crippen LogP contribution in [0.3, 0.4) is 0 Å². The van der Waals surface area contributed by atoms with Crippen molar-refractivity contribution in [2.75, 3.05) is 11.5 Å². The minimum atomic E-state index is 0.412. The van der Waals surface area contributed by atoms with E-state index < -0.39 is 0 Å². The van der Waals surface area contributed by atoms with Crippen molar-refractivity contribution < 1.29 is 0 Å². The van der Waals surface area contributed by atoms with E-state index in [-0.39, 0.29) is 0 Å². The molecule has 0 amide bonds. The highest BCUT2D eigenvalue weighted by atomic mass is 32.2. The maximum Gasteiger partial charge on any atom is 0.221 e. The number of nitrogen functional groups attached to an aromatic ring is 1. The summed E-state index contributed by atoms with van der Waals surface area (Å²) in [6.45, 7) is 4.14. The second kappa shape index (κ2) is 8.63. The molecule has 1 aromatic heterocycles. The molecular weight excluding hydrogens is 292 g/mol. The van der Waals surface area contributed by atoms with E-state index in [4.69, 9.17) is 5.73 Å². The highest BCUT2D eigenvalue weighted by Gasteiger charge is 1.99. The van der Waals surface area contributed by atoms with Crippen molar-refractivity contribution in [3.8, 4) is 0 Å². The van der Waals surface area contributed by atoms with Crippen molar-refractivity contribution >= 4 is 23.9 Å². The molecule has 1 heterocycles. The summed E-state index contributed by atoms with van der Waals surface area (Å²) in [4.78, 5) is 5.42. The Labute approximate surface area is 136 Å². The van der Waals surface area contributed by atoms with Crippen LogP contribution in [0.4, 0.5) is 5.95 Å². The Balaban J connectivity index is 1.92. The third-order valence-corrected chi connectivity index (χ3v) is 4.37. The Morgan fingerprint density at radius 1 is 1.32 bits per heavy atom. The number of imidazole rings is 1. The van der Waals surface area contributed by atoms with E-state index in [0.717, 1.165) is 11.3 Å². The van der Waals surface area contributed by atoms with Gasteiger partial charge in [-0.25, -0.2) is 9.66 Å². The molecule has 0 saturated carbocycles. The Kier molecular flexibility index (Phi) is 6.52. The fourth-order valence-corrected chi connectivity index (χ4v) is 3.11. The number of hydrogen-bond acceptors (Lipinski definition) is 4. The molecule has 0 unspecified atom stereocenters. The van der Waals surface area contributed by atoms with Gasteiger partial charge in [0.2, 0.25) is 5.95 Å². The SMILES string of the molecule is CCCCCCSc1cccc(C=Nn2cc(C)nc2N)c1. The van der Waals surface area contributed by atoms with Gasteiger partial charge in [0.25, 0.3) is 0 Å². The topological polar surface area (TPSA) is 56.2 Å². The molecule has 0 saturated heterocycles. The standard InChI is InChI=1S/C17H24N4S/c1-3-4-5-6-10-22-16-9-7-8-15(11-16)12-19-21-13-14(2)20-17(21)18/h7-9,11-13H,3-6,10H2,1-2H3,(H2,18,20). The minimum absolute atomic E-state index is 0.412. The molecule has 2 aromatic rings. The summed E-state index contributed by atoms with van der Waals surface area (Å²) in [7, 11) is 0. The third kappa shape index (κ3) is 5.22. The average molecular weight is 316 g/mol. The fourth-order valence-electron chi connectivity index (χ4n) is 2.13. The summed E-state index contributed by atoms with van der Waals surface area (Å²) in [5, 5.41) is 4.35. The number of hydrogen-bond donors (Lipinski definition) is 1. The lowest BCUT2D eigenvalue weighted by atomic mass is 10.2. The molecular formula is C17H24N4S. The molecule has 4 nitrogen and oxygen atoms in total. The van der Waals surface area contributed by atoms with Gasteiger partial charge in [0, 0.05) is 4.90 Å². The lowest BCUT2D eigenvalue weighted by molar-refractivity contribution is 0.706. The van der Waals surface area contributed by atoms with E-state index in [1.54, 1.807) is 4.68 Å². The summed E-state index contributed by atoms with van der Waals surface area (Å²) in [6.07, 6.45) is 8.86. The smallest absolute Gasteiger partial charge is 0.221 e. The van der Waals surface area contributed by atoms with Gasteiger partial charge in [-0.3, -0.25) is 0 Å². The lowest BCUT2D eigenvalue weighted by Crippen LogP contribution is -1.97. The summed E-state index contributed by atoms with van der Waals surface area (Å²) in [5.41, 5.74) is 7.72. The summed E-state index contributed by atoms with van der Waals surface area (Å²) in [6, 6.07) is 8.42. The Hall–Kier alpha value is -1.75. The largest absolute Gasteiger partial charge is 0.368 e. The van der Waals surface area contributed by atoms with Crippen molar-refractivity contribution in [3.63, 3.8) is 0 Å². The third-order valence-electron chi connectivity index (χ3n) is 3.29. The van der Waals surface area contributed by atoms with Gasteiger partial charge in [0.05, 0.1) is 18.1 Å². The Morgan fingerprint density at radius 2 is 2.18 bits per heavy atom. The normalized spacial score (nSPS) is 11.4. The van der Waals surface area contributed by atoms with Crippen LogP contribution >= 0.6 is 11.8 Å². The number of unbranched alkanes of at least 4 members (excludes halogenated alkanes) is 3. The second-order valence-electron chi connectivity index (χ2n) is 5.31. The van der Waals surface area contributed by atoms with Crippen molar-refractivity contribution in [2.24, 2.45) is 5.10 Å². The van der Waals surface area contributed by atoms with Crippen LogP contribution in [0.1, 0.15) is 43.9 Å². The first kappa shape index (κ1) is 16.6. The lowest BCUT2D eigenvalue weighted by Gasteiger charge is -2.03. The minimum Gasteiger partial charge on any atom is -0.368 e. The number of aryl methyl sites for hydroxylation is 1. The molecule has 5 heteroatoms. The van der Waals surface area contributed by atoms with Gasteiger partial charge in [-0.1, -0.05) is 38.3 Å². The zero-order valence-corrected chi connectivity index (χ0v) is 14.1. The van der Waals surface area contributed by atoms with Gasteiger partial charge < -0.3 is 5.73 Å². The summed E-state index contributed by atoms with van der Waals surface area (Å²) >= 11 is 1.91. The van der Waals surface area contributed by atoms with Crippen LogP contribution < -0.4 is 5.73 Å². The zero-order valence-electron chi connectivity index (χ0n) is 13.3. The highest BCUT2D eigenvalue weighted by molar-refractivity contribution is 7.99. The quantitative estimate of drug-likeness (QED) is 0.448. The molecule has 0 aliphatic heterocycles. The number of rotatable bonds is 8. The maximum atomic E-state index is 5.78. The van der Waals surface area contributed by atoms with E-state index in [1.165, 1.54) is 36.3 Å². The molecule has 0 fully saturated rings. The molecule has 118 valence electrons. The van der Waals surface area contributed by atoms with Gasteiger partial charge in [0.15, 0.2) is 0 Å². The second-order valence-corrected chi connectivity index (χ2v) is 6.48. The molecule has 0 bridgehead atoms. The van der Waals surface area contributed by atoms with Gasteiger partial charge in [0.1, 0.15) is 0 Å². The number of benzene rings is 1. The number of nitrogens with zero attached hydrogens (tertiary/aromatic N) is 3. The first-order valence-electron chi connectivity index (χ1n) is 7.77. The van der Waals surface area contributed by atoms with Gasteiger partial charge in [-0.05, 0) is 36.8 Å². The van der Waals surface area contributed by atoms with Gasteiger partial charge in [-0.2, -0.15) is 5.10 Å². The molecule has 0 spiro atoms. The van der Waals surface area contributed by atoms with Crippen LogP contribution in [0.25, 0.3) is 0 Å². The fraction of sp³-hybridized carbons (Fsp3) is 0.412. The van der Waals surface area contributed by atoms with Gasteiger partial charge >= 0.3 is 0 Å².